The van der Waals surface area contributed by atoms with E-state index >= 15 is 0 Å². The standard InChI is InChI=1S/C9H7FO2S/c10-8-3-1-2-7(6-8)9(11)4-5-13-12/h1-6,12H/b5-4+. The Morgan fingerprint density at radius 3 is 2.92 bits per heavy atom. The molecule has 0 spiro atoms. The lowest BCUT2D eigenvalue weighted by Gasteiger charge is -1.94. The predicted molar refractivity (Wildman–Crippen MR) is 50.1 cm³/mol. The molecule has 0 amide bonds. The molecule has 1 N–H and O–H groups in total. The maximum Gasteiger partial charge on any atom is 0.186 e. The predicted octanol–water partition coefficient (Wildman–Crippen LogP) is 2.73. The second kappa shape index (κ2) is 4.79. The topological polar surface area (TPSA) is 37.3 Å². The Morgan fingerprint density at radius 1 is 1.54 bits per heavy atom. The molecule has 0 saturated carbocycles. The van der Waals surface area contributed by atoms with E-state index in [1.165, 1.54) is 29.7 Å². The fraction of sp³-hybridized carbons (Fsp3) is 0. The van der Waals surface area contributed by atoms with E-state index in [-0.39, 0.29) is 11.3 Å². The summed E-state index contributed by atoms with van der Waals surface area (Å²) in [6.45, 7) is 0. The molecule has 0 aliphatic carbocycles. The van der Waals surface area contributed by atoms with Crippen molar-refractivity contribution in [1.82, 2.24) is 0 Å². The summed E-state index contributed by atoms with van der Waals surface area (Å²) in [5.74, 6) is -0.781. The molecule has 2 nitrogen and oxygen atoms in total. The fourth-order valence-corrected chi connectivity index (χ4v) is 1.01. The lowest BCUT2D eigenvalue weighted by Crippen LogP contribution is -1.93. The minimum absolute atomic E-state index is 0.269. The van der Waals surface area contributed by atoms with Gasteiger partial charge in [0.2, 0.25) is 0 Å². The number of hydrogen-bond donors (Lipinski definition) is 1. The molecule has 1 rings (SSSR count). The van der Waals surface area contributed by atoms with Crippen molar-refractivity contribution in [3.05, 3.63) is 47.1 Å². The Balaban J connectivity index is 2.83. The maximum atomic E-state index is 12.6. The molecule has 0 aliphatic rings. The van der Waals surface area contributed by atoms with Gasteiger partial charge in [0, 0.05) is 23.0 Å². The van der Waals surface area contributed by atoms with Crippen LogP contribution in [0.25, 0.3) is 0 Å². The summed E-state index contributed by atoms with van der Waals surface area (Å²) in [6, 6.07) is 5.39. The number of hydrogen-bond acceptors (Lipinski definition) is 3. The monoisotopic (exact) mass is 198 g/mol. The molecule has 0 fully saturated rings. The van der Waals surface area contributed by atoms with E-state index in [1.54, 1.807) is 0 Å². The molecule has 1 aromatic carbocycles. The summed E-state index contributed by atoms with van der Waals surface area (Å²) in [7, 11) is 0. The molecule has 0 aromatic heterocycles. The van der Waals surface area contributed by atoms with E-state index in [0.717, 1.165) is 6.07 Å². The molecule has 4 heteroatoms. The SMILES string of the molecule is O=C(/C=C/SO)c1cccc(F)c1. The van der Waals surface area contributed by atoms with Crippen LogP contribution in [0.2, 0.25) is 0 Å². The number of rotatable bonds is 3. The van der Waals surface area contributed by atoms with Gasteiger partial charge in [-0.3, -0.25) is 4.79 Å². The molecule has 13 heavy (non-hydrogen) atoms. The Hall–Kier alpha value is -1.13. The van der Waals surface area contributed by atoms with Crippen LogP contribution in [0.4, 0.5) is 4.39 Å². The van der Waals surface area contributed by atoms with Gasteiger partial charge in [-0.1, -0.05) is 12.1 Å². The third kappa shape index (κ3) is 3.01. The first kappa shape index (κ1) is 9.95. The van der Waals surface area contributed by atoms with E-state index in [0.29, 0.717) is 12.0 Å². The van der Waals surface area contributed by atoms with Crippen molar-refractivity contribution in [2.24, 2.45) is 0 Å². The van der Waals surface area contributed by atoms with Crippen molar-refractivity contribution < 1.29 is 13.7 Å². The molecular formula is C9H7FO2S. The highest BCUT2D eigenvalue weighted by molar-refractivity contribution is 7.96. The molecule has 1 aromatic rings. The van der Waals surface area contributed by atoms with Crippen LogP contribution >= 0.6 is 12.0 Å². The molecule has 0 aliphatic heterocycles. The first-order valence-corrected chi connectivity index (χ1v) is 4.34. The van der Waals surface area contributed by atoms with E-state index < -0.39 is 5.82 Å². The Morgan fingerprint density at radius 2 is 2.31 bits per heavy atom. The average Bonchev–Trinajstić information content (AvgIpc) is 2.14. The summed E-state index contributed by atoms with van der Waals surface area (Å²) >= 11 is 0.434. The molecule has 0 radical (unpaired) electrons. The van der Waals surface area contributed by atoms with Gasteiger partial charge in [-0.15, -0.1) is 0 Å². The van der Waals surface area contributed by atoms with E-state index in [4.69, 9.17) is 4.55 Å². The third-order valence-electron chi connectivity index (χ3n) is 1.39. The first-order valence-electron chi connectivity index (χ1n) is 3.50. The van der Waals surface area contributed by atoms with Crippen LogP contribution < -0.4 is 0 Å². The van der Waals surface area contributed by atoms with E-state index in [1.807, 2.05) is 0 Å². The molecule has 0 atom stereocenters. The van der Waals surface area contributed by atoms with E-state index in [2.05, 4.69) is 0 Å². The lowest BCUT2D eigenvalue weighted by molar-refractivity contribution is 0.104. The Bertz CT molecular complexity index is 336. The number of ketones is 1. The zero-order valence-electron chi connectivity index (χ0n) is 6.61. The lowest BCUT2D eigenvalue weighted by atomic mass is 10.1. The summed E-state index contributed by atoms with van der Waals surface area (Å²) in [6.07, 6.45) is 1.18. The van der Waals surface area contributed by atoms with Gasteiger partial charge >= 0.3 is 0 Å². The van der Waals surface area contributed by atoms with Crippen LogP contribution in [0.1, 0.15) is 10.4 Å². The van der Waals surface area contributed by atoms with Crippen LogP contribution in [-0.2, 0) is 0 Å². The van der Waals surface area contributed by atoms with Gasteiger partial charge in [-0.25, -0.2) is 4.39 Å². The van der Waals surface area contributed by atoms with Crippen LogP contribution in [0.3, 0.4) is 0 Å². The van der Waals surface area contributed by atoms with Crippen molar-refractivity contribution in [2.45, 2.75) is 0 Å². The highest BCUT2D eigenvalue weighted by Crippen LogP contribution is 2.06. The van der Waals surface area contributed by atoms with Gasteiger partial charge in [-0.05, 0) is 18.2 Å². The maximum absolute atomic E-state index is 12.6. The summed E-state index contributed by atoms with van der Waals surface area (Å²) in [5.41, 5.74) is 0.269. The highest BCUT2D eigenvalue weighted by Gasteiger charge is 2.01. The van der Waals surface area contributed by atoms with Crippen molar-refractivity contribution in [2.75, 3.05) is 0 Å². The number of carbonyl (C=O) groups is 1. The molecule has 0 saturated heterocycles. The van der Waals surface area contributed by atoms with Gasteiger partial charge < -0.3 is 4.55 Å². The first-order chi connectivity index (χ1) is 6.24. The Labute approximate surface area is 79.3 Å². The van der Waals surface area contributed by atoms with E-state index in [9.17, 15) is 9.18 Å². The number of carbonyl (C=O) groups excluding carboxylic acids is 1. The number of halogens is 1. The molecule has 0 bridgehead atoms. The van der Waals surface area contributed by atoms with Gasteiger partial charge in [-0.2, -0.15) is 0 Å². The largest absolute Gasteiger partial charge is 0.326 e. The van der Waals surface area contributed by atoms with Gasteiger partial charge in [0.05, 0.1) is 0 Å². The zero-order chi connectivity index (χ0) is 9.68. The average molecular weight is 198 g/mol. The molecule has 0 heterocycles. The molecular weight excluding hydrogens is 191 g/mol. The van der Waals surface area contributed by atoms with Gasteiger partial charge in [0.1, 0.15) is 5.82 Å². The van der Waals surface area contributed by atoms with Crippen molar-refractivity contribution in [3.63, 3.8) is 0 Å². The molecule has 68 valence electrons. The van der Waals surface area contributed by atoms with Gasteiger partial charge in [0.15, 0.2) is 5.78 Å². The van der Waals surface area contributed by atoms with Crippen molar-refractivity contribution >= 4 is 17.8 Å². The summed E-state index contributed by atoms with van der Waals surface area (Å²) < 4.78 is 20.9. The van der Waals surface area contributed by atoms with Crippen LogP contribution in [0.5, 0.6) is 0 Å². The minimum Gasteiger partial charge on any atom is -0.326 e. The second-order valence-corrected chi connectivity index (χ2v) is 2.77. The van der Waals surface area contributed by atoms with Gasteiger partial charge in [0.25, 0.3) is 0 Å². The fourth-order valence-electron chi connectivity index (χ4n) is 0.830. The van der Waals surface area contributed by atoms with Crippen LogP contribution in [0.15, 0.2) is 35.7 Å². The Kier molecular flexibility index (Phi) is 3.67. The van der Waals surface area contributed by atoms with Crippen LogP contribution in [-0.4, -0.2) is 10.3 Å². The van der Waals surface area contributed by atoms with Crippen LogP contribution in [0, 0.1) is 5.82 Å². The third-order valence-corrected chi connectivity index (χ3v) is 1.65. The second-order valence-electron chi connectivity index (χ2n) is 2.28. The van der Waals surface area contributed by atoms with Crippen molar-refractivity contribution in [3.8, 4) is 0 Å². The van der Waals surface area contributed by atoms with Crippen molar-refractivity contribution in [1.29, 1.82) is 0 Å². The summed E-state index contributed by atoms with van der Waals surface area (Å²) in [5, 5.41) is 1.23. The summed E-state index contributed by atoms with van der Waals surface area (Å²) in [4.78, 5) is 11.2. The number of benzene rings is 1. The zero-order valence-corrected chi connectivity index (χ0v) is 7.42. The smallest absolute Gasteiger partial charge is 0.186 e. The highest BCUT2D eigenvalue weighted by atomic mass is 32.2. The normalized spacial score (nSPS) is 10.6. The number of allylic oxidation sites excluding steroid dienone is 1. The minimum atomic E-state index is -0.448. The molecule has 0 unspecified atom stereocenters. The quantitative estimate of drug-likeness (QED) is 0.461.